The fourth-order valence-corrected chi connectivity index (χ4v) is 23.1. The Balaban J connectivity index is 0.000000208. The molecule has 0 radical (unpaired) electrons. The summed E-state index contributed by atoms with van der Waals surface area (Å²) in [4.78, 5) is 155. The Morgan fingerprint density at radius 2 is 0.738 bits per heavy atom. The maximum atomic E-state index is 14.0. The lowest BCUT2D eigenvalue weighted by molar-refractivity contribution is -0.140. The van der Waals surface area contributed by atoms with Crippen LogP contribution in [0.3, 0.4) is 0 Å². The molecule has 4 aliphatic carbocycles. The molecule has 3 spiro atoms. The number of nitrogens with zero attached hydrogens (tertiary/aromatic N) is 6. The van der Waals surface area contributed by atoms with Crippen LogP contribution in [0.2, 0.25) is 40.2 Å². The van der Waals surface area contributed by atoms with E-state index in [-0.39, 0.29) is 99.9 Å². The quantitative estimate of drug-likeness (QED) is 0.0242. The summed E-state index contributed by atoms with van der Waals surface area (Å²) in [5.74, 6) is 0.339. The van der Waals surface area contributed by atoms with Gasteiger partial charge in [-0.1, -0.05) is 244 Å². The number of benzene rings is 8. The van der Waals surface area contributed by atoms with Gasteiger partial charge in [0, 0.05) is 125 Å². The number of aliphatic imine (C=N–C) groups is 3. The number of Topliss-reactive ketones (excluding diaryl/α,β-unsaturated/α-hetero) is 1. The molecule has 3 heterocycles. The van der Waals surface area contributed by atoms with E-state index in [4.69, 9.17) is 128 Å². The highest BCUT2D eigenvalue weighted by Crippen LogP contribution is 2.54. The summed E-state index contributed by atoms with van der Waals surface area (Å²) >= 11 is 49.3. The smallest absolute Gasteiger partial charge is 0.408 e. The van der Waals surface area contributed by atoms with E-state index < -0.39 is 52.6 Å². The molecule has 149 heavy (non-hydrogen) atoms. The first-order chi connectivity index (χ1) is 69.7. The van der Waals surface area contributed by atoms with Gasteiger partial charge in [0.25, 0.3) is 23.6 Å². The number of hydrogen-bond acceptors (Lipinski definition) is 18. The van der Waals surface area contributed by atoms with E-state index >= 15 is 0 Å². The third-order valence-electron chi connectivity index (χ3n) is 28.0. The van der Waals surface area contributed by atoms with E-state index in [9.17, 15) is 63.0 Å². The number of alkyl carbamates (subject to hydrolysis) is 1. The Labute approximate surface area is 919 Å². The van der Waals surface area contributed by atoms with Gasteiger partial charge in [-0.2, -0.15) is 0 Å². The van der Waals surface area contributed by atoms with Crippen molar-refractivity contribution >= 4 is 188 Å². The van der Waals surface area contributed by atoms with Crippen LogP contribution in [0.15, 0.2) is 185 Å². The number of hydrogen-bond donors (Lipinski definition) is 6. The Bertz CT molecular complexity index is 6140. The van der Waals surface area contributed by atoms with Crippen molar-refractivity contribution in [3.05, 3.63) is 277 Å². The summed E-state index contributed by atoms with van der Waals surface area (Å²) in [6.45, 7) is 33.0. The second-order valence-corrected chi connectivity index (χ2v) is 45.4. The number of carboxylic acids is 3. The van der Waals surface area contributed by atoms with Crippen molar-refractivity contribution in [1.29, 1.82) is 0 Å². The van der Waals surface area contributed by atoms with Gasteiger partial charge in [0.1, 0.15) is 45.5 Å². The largest absolute Gasteiger partial charge is 0.481 e. The molecule has 0 bridgehead atoms. The summed E-state index contributed by atoms with van der Waals surface area (Å²) in [6, 6.07) is 46.4. The normalized spacial score (nSPS) is 22.0. The number of aliphatic carboxylic acids is 2. The van der Waals surface area contributed by atoms with Crippen LogP contribution >= 0.6 is 105 Å². The molecule has 7 N–H and O–H groups in total. The van der Waals surface area contributed by atoms with Crippen LogP contribution in [0.25, 0.3) is 0 Å². The van der Waals surface area contributed by atoms with Gasteiger partial charge in [-0.15, -0.1) is 12.4 Å². The molecule has 35 heteroatoms. The van der Waals surface area contributed by atoms with Crippen molar-refractivity contribution in [2.24, 2.45) is 91.7 Å². The van der Waals surface area contributed by atoms with Crippen LogP contribution in [0, 0.1) is 71.0 Å². The van der Waals surface area contributed by atoms with Crippen LogP contribution in [0.5, 0.6) is 0 Å². The first-order valence-electron chi connectivity index (χ1n) is 50.0. The average molecular weight is 2220 g/mol. The second kappa shape index (κ2) is 54.2. The first kappa shape index (κ1) is 122. The van der Waals surface area contributed by atoms with Gasteiger partial charge in [-0.3, -0.25) is 43.7 Å². The summed E-state index contributed by atoms with van der Waals surface area (Å²) in [5, 5.41) is 35.4. The number of carbonyl (C=O) groups excluding carboxylic acids is 8. The maximum absolute atomic E-state index is 14.0. The molecular weight excluding hydrogens is 2090 g/mol. The van der Waals surface area contributed by atoms with E-state index in [1.807, 2.05) is 51.1 Å². The molecule has 12 atom stereocenters. The number of halogens is 9. The number of methoxy groups -OCH3 is 2. The Morgan fingerprint density at radius 1 is 0.430 bits per heavy atom. The average Bonchev–Trinajstić information content (AvgIpc) is 1.58. The number of aromatic carboxylic acids is 1. The molecule has 0 saturated heterocycles. The lowest BCUT2D eigenvalue weighted by Gasteiger charge is -2.49. The van der Waals surface area contributed by atoms with Crippen LogP contribution in [-0.4, -0.2) is 156 Å². The van der Waals surface area contributed by atoms with Gasteiger partial charge in [0.2, 0.25) is 0 Å². The van der Waals surface area contributed by atoms with Gasteiger partial charge < -0.3 is 60.6 Å². The van der Waals surface area contributed by atoms with Crippen molar-refractivity contribution in [2.75, 3.05) is 20.8 Å². The fraction of sp³-hybridized carbons (Fsp3) is 0.456. The summed E-state index contributed by atoms with van der Waals surface area (Å²) < 4.78 is 14.4. The number of amides is 5. The first-order valence-corrected chi connectivity index (χ1v) is 53.1. The van der Waals surface area contributed by atoms with Crippen LogP contribution in [0.1, 0.15) is 279 Å². The summed E-state index contributed by atoms with van der Waals surface area (Å²) in [6.07, 6.45) is 10.9. The minimum Gasteiger partial charge on any atom is -0.481 e. The highest BCUT2D eigenvalue weighted by Gasteiger charge is 2.59. The predicted octanol–water partition coefficient (Wildman–Crippen LogP) is 26.2. The van der Waals surface area contributed by atoms with Gasteiger partial charge >= 0.3 is 35.9 Å². The highest BCUT2D eigenvalue weighted by molar-refractivity contribution is 6.50. The van der Waals surface area contributed by atoms with Crippen molar-refractivity contribution in [3.63, 3.8) is 0 Å². The van der Waals surface area contributed by atoms with Crippen LogP contribution in [-0.2, 0) is 69.2 Å². The van der Waals surface area contributed by atoms with E-state index in [0.29, 0.717) is 166 Å². The second-order valence-electron chi connectivity index (χ2n) is 41.9. The molecule has 802 valence electrons. The van der Waals surface area contributed by atoms with Gasteiger partial charge in [0.05, 0.1) is 37.3 Å². The molecule has 26 nitrogen and oxygen atoms in total. The zero-order chi connectivity index (χ0) is 109. The number of esters is 2. The molecule has 15 rings (SSSR count). The number of ketones is 1. The third kappa shape index (κ3) is 32.1. The van der Waals surface area contributed by atoms with E-state index in [1.54, 1.807) is 136 Å². The minimum atomic E-state index is -1.29. The zero-order valence-electron chi connectivity index (χ0n) is 87.1. The van der Waals surface area contributed by atoms with Gasteiger partial charge in [-0.25, -0.2) is 24.0 Å². The monoisotopic (exact) mass is 2220 g/mol. The van der Waals surface area contributed by atoms with Crippen LogP contribution < -0.4 is 16.4 Å². The van der Waals surface area contributed by atoms with Crippen LogP contribution in [0.4, 0.5) is 4.79 Å². The molecule has 3 aliphatic heterocycles. The van der Waals surface area contributed by atoms with E-state index in [1.165, 1.54) is 38.8 Å². The van der Waals surface area contributed by atoms with Gasteiger partial charge in [-0.05, 0) is 269 Å². The molecular formula is C114H136Cl9N9O17. The third-order valence-corrected chi connectivity index (χ3v) is 29.8. The van der Waals surface area contributed by atoms with Crippen molar-refractivity contribution in [1.82, 2.24) is 25.3 Å². The predicted molar refractivity (Wildman–Crippen MR) is 591 cm³/mol. The van der Waals surface area contributed by atoms with Crippen molar-refractivity contribution in [2.45, 2.75) is 242 Å². The number of carbonyl (C=O) groups is 11. The summed E-state index contributed by atoms with van der Waals surface area (Å²) in [7, 11) is 2.72. The van der Waals surface area contributed by atoms with Gasteiger partial charge in [0.15, 0.2) is 6.04 Å². The molecule has 5 amide bonds. The molecule has 7 aliphatic rings. The Hall–Kier alpha value is -10.5. The molecule has 4 fully saturated rings. The van der Waals surface area contributed by atoms with Crippen molar-refractivity contribution < 1.29 is 82.3 Å². The maximum Gasteiger partial charge on any atom is 0.408 e. The molecule has 4 saturated carbocycles. The van der Waals surface area contributed by atoms with E-state index in [0.717, 1.165) is 92.9 Å². The number of ether oxygens (including phenoxy) is 3. The topological polar surface area (TPSA) is 373 Å². The molecule has 4 unspecified atom stereocenters. The lowest BCUT2D eigenvalue weighted by atomic mass is 9.69. The molecule has 8 aromatic carbocycles. The zero-order valence-corrected chi connectivity index (χ0v) is 94.0. The Morgan fingerprint density at radius 3 is 1.02 bits per heavy atom. The molecule has 0 aromatic heterocycles. The fourth-order valence-electron chi connectivity index (χ4n) is 21.0. The number of nitrogens with one attached hydrogen (secondary N) is 2. The number of nitrogens with two attached hydrogens (primary N) is 1. The van der Waals surface area contributed by atoms with E-state index in [2.05, 4.69) is 98.5 Å². The standard InChI is InChI=1S/C29H33Cl2N3O4.C27H30Cl2N2O3.C26H28Cl2N2O3.C13H15Cl2NO4.C10H18O.C9H11NO2.ClH/c1-17(2)24-9-4-18(3)15-29(24)33-26(21-12-22(30)14-23(31)13-21)28(38)34(29)16-19-5-7-20(8-6-19)27(37)32-11-10-25(35)36;1-16(2)23-10-5-17(3)14-27(23)30-24(20-11-21(28)13-22(29)12-20)25(32)31(27)15-18-6-8-19(9-7-18)26(33)34-4;1-15(2)22-9-4-16(3)13-26(22)29-23(19-10-20(27)12-21(28)11-19)24(31)30(26)14-17-5-7-18(8-6-17)25(32)33;1-13(2,3)20-12(19)16-10(11(17)18)7-4-8(14)6-9(15)5-7;1-7(2)9-5-4-8(3)6-10(9)11;1-12-9(11)8-4-2-7(6-10)3-5-8;/h5-8,12-14,17-18,24H,4,9-11,15-16H2,1-3H3,(H,32,37)(H,35,36);6-9,11-13,16-17,23H,5,10,14-15H2,1-4H3;5-8,10-12,15-16,22H,4,9,13-14H2,1-3H3,(H,32,33);4-6,10H,1-3H3,(H,16,19)(H,17,18);7-9H,4-6H2,1-3H3;2-5H,6,10H2,1H3;1H/t18-,24+,29?;17-,23+,27?;16-,22+,26?;;8-,9+;;/m111.1../s1. The Kier molecular flexibility index (Phi) is 44.4. The summed E-state index contributed by atoms with van der Waals surface area (Å²) in [5.41, 5.74) is 11.4. The lowest BCUT2D eigenvalue weighted by Crippen LogP contribution is -2.55. The highest BCUT2D eigenvalue weighted by atomic mass is 35.5. The minimum absolute atomic E-state index is 0. The number of rotatable bonds is 24. The van der Waals surface area contributed by atoms with Crippen molar-refractivity contribution in [3.8, 4) is 0 Å². The SMILES string of the molecule is CC(C)(C)OC(=O)NC(C(=O)O)c1cc(Cl)cc(Cl)c1.CC(C)[C@@H]1CC[C@@H](C)CC12N=C(c1cc(Cl)cc(Cl)c1)C(=O)N2Cc1ccc(C(=O)NCCC(=O)O)cc1.CC(C)[C@@H]1CC[C@@H](C)CC12N=C(c1cc(Cl)cc(Cl)c1)C(=O)N2Cc1ccc(C(=O)O)cc1.CC(C)[C@@H]1CC[C@@H](C)CC1=O.COC(=O)c1ccc(CN)cc1.COC(=O)c1ccc(CN2C(=O)C(c3cc(Cl)cc(Cl)c3)=NC23C[C@H](C)CC[C@H]3C(C)C)cc1.Cl. The molecule has 8 aromatic rings. The number of carboxylic acid groups (broad SMARTS) is 3.